The van der Waals surface area contributed by atoms with Crippen molar-refractivity contribution < 1.29 is 9.47 Å². The van der Waals surface area contributed by atoms with Crippen molar-refractivity contribution in [3.63, 3.8) is 0 Å². The Balaban J connectivity index is 2.90. The Bertz CT molecular complexity index is 196. The molecule has 0 aliphatic rings. The van der Waals surface area contributed by atoms with Crippen molar-refractivity contribution in [2.24, 2.45) is 0 Å². The number of rotatable bonds is 15. The smallest absolute Gasteiger partial charge is 0.146 e. The third kappa shape index (κ3) is 17.5. The summed E-state index contributed by atoms with van der Waals surface area (Å²) >= 11 is 0. The highest BCUT2D eigenvalue weighted by Gasteiger charge is 1.93. The molecule has 0 fully saturated rings. The summed E-state index contributed by atoms with van der Waals surface area (Å²) in [6.45, 7) is 4.35. The molecule has 0 aromatic carbocycles. The first-order chi connectivity index (χ1) is 9.41. The van der Waals surface area contributed by atoms with Gasteiger partial charge in [0.15, 0.2) is 0 Å². The van der Waals surface area contributed by atoms with E-state index in [1.165, 1.54) is 51.4 Å². The minimum absolute atomic E-state index is 0.468. The minimum Gasteiger partial charge on any atom is -0.355 e. The summed E-state index contributed by atoms with van der Waals surface area (Å²) in [6.07, 6.45) is 18.7. The summed E-state index contributed by atoms with van der Waals surface area (Å²) in [6, 6.07) is 0. The maximum atomic E-state index is 5.43. The van der Waals surface area contributed by atoms with Gasteiger partial charge in [0.05, 0.1) is 0 Å². The van der Waals surface area contributed by atoms with Crippen LogP contribution < -0.4 is 0 Å². The topological polar surface area (TPSA) is 18.5 Å². The van der Waals surface area contributed by atoms with Gasteiger partial charge in [0, 0.05) is 19.6 Å². The Morgan fingerprint density at radius 1 is 0.737 bits per heavy atom. The van der Waals surface area contributed by atoms with Crippen molar-refractivity contribution in [1.29, 1.82) is 0 Å². The molecule has 2 heteroatoms. The molecule has 0 atom stereocenters. The van der Waals surface area contributed by atoms with Crippen LogP contribution in [0.15, 0.2) is 0 Å². The van der Waals surface area contributed by atoms with Crippen LogP contribution in [0.3, 0.4) is 0 Å². The Morgan fingerprint density at radius 3 is 1.84 bits per heavy atom. The number of unbranched alkanes of at least 4 members (excludes halogenated alkanes) is 9. The molecule has 0 saturated heterocycles. The zero-order chi connectivity index (χ0) is 14.0. The zero-order valence-corrected chi connectivity index (χ0v) is 12.8. The summed E-state index contributed by atoms with van der Waals surface area (Å²) in [5.41, 5.74) is 0. The molecule has 0 amide bonds. The van der Waals surface area contributed by atoms with Crippen LogP contribution in [-0.2, 0) is 9.47 Å². The second-order valence-electron chi connectivity index (χ2n) is 5.07. The predicted octanol–water partition coefficient (Wildman–Crippen LogP) is 4.92. The highest BCUT2D eigenvalue weighted by molar-refractivity contribution is 4.82. The van der Waals surface area contributed by atoms with Gasteiger partial charge in [0.2, 0.25) is 0 Å². The molecule has 0 aliphatic carbocycles. The lowest BCUT2D eigenvalue weighted by Crippen LogP contribution is -2.02. The van der Waals surface area contributed by atoms with Gasteiger partial charge < -0.3 is 9.47 Å². The van der Waals surface area contributed by atoms with Crippen molar-refractivity contribution in [2.75, 3.05) is 20.0 Å². The van der Waals surface area contributed by atoms with Crippen molar-refractivity contribution in [1.82, 2.24) is 0 Å². The molecule has 0 radical (unpaired) electrons. The van der Waals surface area contributed by atoms with Gasteiger partial charge in [-0.25, -0.2) is 0 Å². The molecule has 19 heavy (non-hydrogen) atoms. The van der Waals surface area contributed by atoms with Crippen LogP contribution in [0, 0.1) is 12.3 Å². The maximum absolute atomic E-state index is 5.43. The quantitative estimate of drug-likeness (QED) is 0.238. The van der Waals surface area contributed by atoms with Crippen molar-refractivity contribution in [3.8, 4) is 12.3 Å². The highest BCUT2D eigenvalue weighted by atomic mass is 16.7. The molecular formula is C17H32O2. The average Bonchev–Trinajstić information content (AvgIpc) is 2.43. The van der Waals surface area contributed by atoms with Crippen molar-refractivity contribution in [3.05, 3.63) is 0 Å². The van der Waals surface area contributed by atoms with Gasteiger partial charge in [-0.1, -0.05) is 51.9 Å². The zero-order valence-electron chi connectivity index (χ0n) is 12.8. The number of hydrogen-bond acceptors (Lipinski definition) is 2. The van der Waals surface area contributed by atoms with Gasteiger partial charge in [-0.05, 0) is 19.3 Å². The monoisotopic (exact) mass is 268 g/mol. The van der Waals surface area contributed by atoms with Crippen molar-refractivity contribution >= 4 is 0 Å². The maximum Gasteiger partial charge on any atom is 0.146 e. The van der Waals surface area contributed by atoms with Crippen LogP contribution in [0.25, 0.3) is 0 Å². The van der Waals surface area contributed by atoms with E-state index in [-0.39, 0.29) is 0 Å². The Kier molecular flexibility index (Phi) is 17.0. The third-order valence-electron chi connectivity index (χ3n) is 3.17. The van der Waals surface area contributed by atoms with E-state index in [0.29, 0.717) is 6.79 Å². The second-order valence-corrected chi connectivity index (χ2v) is 5.07. The van der Waals surface area contributed by atoms with Crippen molar-refractivity contribution in [2.45, 2.75) is 77.6 Å². The van der Waals surface area contributed by atoms with E-state index in [2.05, 4.69) is 12.8 Å². The fourth-order valence-corrected chi connectivity index (χ4v) is 1.95. The van der Waals surface area contributed by atoms with E-state index in [0.717, 1.165) is 32.5 Å². The van der Waals surface area contributed by atoms with Crippen LogP contribution >= 0.6 is 0 Å². The fourth-order valence-electron chi connectivity index (χ4n) is 1.95. The Labute approximate surface area is 120 Å². The normalized spacial score (nSPS) is 10.5. The van der Waals surface area contributed by atoms with E-state index in [9.17, 15) is 0 Å². The predicted molar refractivity (Wildman–Crippen MR) is 82.1 cm³/mol. The minimum atomic E-state index is 0.468. The van der Waals surface area contributed by atoms with E-state index in [1.54, 1.807) is 0 Å². The first-order valence-corrected chi connectivity index (χ1v) is 8.00. The third-order valence-corrected chi connectivity index (χ3v) is 3.17. The molecule has 2 nitrogen and oxygen atoms in total. The molecule has 0 saturated carbocycles. The number of terminal acetylenes is 1. The average molecular weight is 268 g/mol. The number of ether oxygens (including phenoxy) is 2. The summed E-state index contributed by atoms with van der Waals surface area (Å²) in [5, 5.41) is 0. The molecule has 0 rings (SSSR count). The van der Waals surface area contributed by atoms with E-state index >= 15 is 0 Å². The second kappa shape index (κ2) is 17.5. The lowest BCUT2D eigenvalue weighted by atomic mass is 10.1. The molecule has 0 bridgehead atoms. The summed E-state index contributed by atoms with van der Waals surface area (Å²) < 4.78 is 10.8. The lowest BCUT2D eigenvalue weighted by Gasteiger charge is -2.05. The summed E-state index contributed by atoms with van der Waals surface area (Å²) in [5.74, 6) is 2.69. The Morgan fingerprint density at radius 2 is 1.26 bits per heavy atom. The lowest BCUT2D eigenvalue weighted by molar-refractivity contribution is -0.0555. The van der Waals surface area contributed by atoms with Crippen LogP contribution in [0.5, 0.6) is 0 Å². The van der Waals surface area contributed by atoms with Gasteiger partial charge in [-0.3, -0.25) is 0 Å². The molecule has 0 unspecified atom stereocenters. The molecule has 0 spiro atoms. The molecular weight excluding hydrogens is 236 g/mol. The van der Waals surface area contributed by atoms with Gasteiger partial charge in [0.25, 0.3) is 0 Å². The van der Waals surface area contributed by atoms with Crippen LogP contribution in [0.4, 0.5) is 0 Å². The van der Waals surface area contributed by atoms with E-state index < -0.39 is 0 Å². The molecule has 0 aliphatic heterocycles. The Hall–Kier alpha value is -0.520. The SMILES string of the molecule is C#CCCCCCCCCCOCOCCCCC. The molecule has 112 valence electrons. The van der Waals surface area contributed by atoms with Gasteiger partial charge in [0.1, 0.15) is 6.79 Å². The van der Waals surface area contributed by atoms with Gasteiger partial charge in [-0.2, -0.15) is 0 Å². The van der Waals surface area contributed by atoms with E-state index in [1.807, 2.05) is 0 Å². The first kappa shape index (κ1) is 18.5. The van der Waals surface area contributed by atoms with Gasteiger partial charge >= 0.3 is 0 Å². The van der Waals surface area contributed by atoms with Crippen LogP contribution in [-0.4, -0.2) is 20.0 Å². The molecule has 0 aromatic rings. The summed E-state index contributed by atoms with van der Waals surface area (Å²) in [7, 11) is 0. The first-order valence-electron chi connectivity index (χ1n) is 8.00. The van der Waals surface area contributed by atoms with E-state index in [4.69, 9.17) is 15.9 Å². The largest absolute Gasteiger partial charge is 0.355 e. The van der Waals surface area contributed by atoms with Crippen LogP contribution in [0.2, 0.25) is 0 Å². The van der Waals surface area contributed by atoms with Gasteiger partial charge in [-0.15, -0.1) is 12.3 Å². The summed E-state index contributed by atoms with van der Waals surface area (Å²) in [4.78, 5) is 0. The molecule has 0 N–H and O–H groups in total. The molecule has 0 heterocycles. The number of hydrogen-bond donors (Lipinski definition) is 0. The molecule has 0 aromatic heterocycles. The van der Waals surface area contributed by atoms with Crippen LogP contribution in [0.1, 0.15) is 77.6 Å². The standard InChI is InChI=1S/C17H32O2/c1-3-5-7-8-9-10-11-12-14-16-19-17-18-15-13-6-4-2/h1H,4-17H2,2H3. The highest BCUT2D eigenvalue weighted by Crippen LogP contribution is 2.08. The fraction of sp³-hybridized carbons (Fsp3) is 0.882.